The van der Waals surface area contributed by atoms with Gasteiger partial charge in [0, 0.05) is 62.6 Å². The maximum Gasteiger partial charge on any atom is 0.272 e. The van der Waals surface area contributed by atoms with E-state index >= 15 is 0 Å². The fourth-order valence-corrected chi connectivity index (χ4v) is 4.59. The first-order valence-corrected chi connectivity index (χ1v) is 10.6. The van der Waals surface area contributed by atoms with Gasteiger partial charge < -0.3 is 10.2 Å². The van der Waals surface area contributed by atoms with Gasteiger partial charge in [0.15, 0.2) is 5.69 Å². The zero-order chi connectivity index (χ0) is 21.1. The molecule has 1 saturated heterocycles. The number of carbonyl (C=O) groups is 2. The summed E-state index contributed by atoms with van der Waals surface area (Å²) < 4.78 is 15.7. The molecule has 1 unspecified atom stereocenters. The monoisotopic (exact) mass is 413 g/mol. The van der Waals surface area contributed by atoms with E-state index in [0.717, 1.165) is 69.5 Å². The highest BCUT2D eigenvalue weighted by atomic mass is 19.1. The minimum Gasteiger partial charge on any atom is -0.346 e. The number of halogens is 1. The summed E-state index contributed by atoms with van der Waals surface area (Å²) in [5, 5.41) is 7.31. The molecule has 0 saturated carbocycles. The molecule has 0 bridgehead atoms. The molecule has 0 radical (unpaired) electrons. The number of amides is 2. The topological polar surface area (TPSA) is 70.5 Å². The lowest BCUT2D eigenvalue weighted by Gasteiger charge is -2.33. The van der Waals surface area contributed by atoms with Crippen molar-refractivity contribution in [1.82, 2.24) is 24.9 Å². The molecule has 1 N–H and O–H groups in total. The molecule has 2 heterocycles. The van der Waals surface area contributed by atoms with E-state index in [2.05, 4.69) is 15.3 Å². The van der Waals surface area contributed by atoms with E-state index in [0.29, 0.717) is 17.3 Å². The van der Waals surface area contributed by atoms with Crippen LogP contribution in [0.3, 0.4) is 0 Å². The van der Waals surface area contributed by atoms with Crippen molar-refractivity contribution in [3.05, 3.63) is 52.6 Å². The number of fused-ring (bicyclic) bond motifs is 1. The molecule has 1 aromatic carbocycles. The smallest absolute Gasteiger partial charge is 0.272 e. The fraction of sp³-hybridized carbons (Fsp3) is 0.500. The van der Waals surface area contributed by atoms with Gasteiger partial charge in [0.1, 0.15) is 5.82 Å². The normalized spacial score (nSPS) is 19.8. The molecule has 1 atom stereocenters. The van der Waals surface area contributed by atoms with Gasteiger partial charge in [-0.05, 0) is 31.7 Å². The molecule has 8 heteroatoms. The zero-order valence-corrected chi connectivity index (χ0v) is 17.3. The Balaban J connectivity index is 1.46. The standard InChI is InChI=1S/C22H28FN5O2/c1-26-20-8-7-17(28-10-4-9-27(15-29)11-12-28)13-18(20)21(25-26)22(30)24-14-16-5-2-3-6-19(16)23/h2-3,5-6,15,17H,4,7-14H2,1H3,(H,24,30). The Bertz CT molecular complexity index is 928. The lowest BCUT2D eigenvalue weighted by Crippen LogP contribution is -2.42. The number of aryl methyl sites for hydroxylation is 1. The molecule has 4 rings (SSSR count). The molecule has 1 aromatic heterocycles. The molecule has 0 spiro atoms. The Morgan fingerprint density at radius 2 is 2.10 bits per heavy atom. The van der Waals surface area contributed by atoms with Gasteiger partial charge in [0.25, 0.3) is 5.91 Å². The number of benzene rings is 1. The van der Waals surface area contributed by atoms with Crippen LogP contribution in [0.4, 0.5) is 4.39 Å². The maximum atomic E-state index is 13.9. The minimum absolute atomic E-state index is 0.133. The van der Waals surface area contributed by atoms with E-state index < -0.39 is 0 Å². The summed E-state index contributed by atoms with van der Waals surface area (Å²) in [6.45, 7) is 3.49. The zero-order valence-electron chi connectivity index (χ0n) is 17.3. The summed E-state index contributed by atoms with van der Waals surface area (Å²) in [5.41, 5.74) is 3.00. The van der Waals surface area contributed by atoms with Crippen LogP contribution in [0.25, 0.3) is 0 Å². The first kappa shape index (κ1) is 20.5. The molecule has 2 aromatic rings. The highest BCUT2D eigenvalue weighted by molar-refractivity contribution is 5.94. The predicted molar refractivity (Wildman–Crippen MR) is 110 cm³/mol. The van der Waals surface area contributed by atoms with E-state index in [-0.39, 0.29) is 18.3 Å². The lowest BCUT2D eigenvalue weighted by molar-refractivity contribution is -0.118. The van der Waals surface area contributed by atoms with Gasteiger partial charge in [-0.3, -0.25) is 19.2 Å². The SMILES string of the molecule is Cn1nc(C(=O)NCc2ccccc2F)c2c1CCC(N1CCCN(C=O)CC1)C2. The highest BCUT2D eigenvalue weighted by Gasteiger charge is 2.31. The molecule has 2 aliphatic rings. The van der Waals surface area contributed by atoms with Gasteiger partial charge in [-0.15, -0.1) is 0 Å². The number of nitrogens with zero attached hydrogens (tertiary/aromatic N) is 4. The summed E-state index contributed by atoms with van der Waals surface area (Å²) >= 11 is 0. The van der Waals surface area contributed by atoms with Crippen LogP contribution in [0.5, 0.6) is 0 Å². The van der Waals surface area contributed by atoms with Crippen molar-refractivity contribution in [3.8, 4) is 0 Å². The number of hydrogen-bond donors (Lipinski definition) is 1. The third kappa shape index (κ3) is 4.23. The summed E-state index contributed by atoms with van der Waals surface area (Å²) in [7, 11) is 1.88. The van der Waals surface area contributed by atoms with Crippen LogP contribution < -0.4 is 5.32 Å². The third-order valence-electron chi connectivity index (χ3n) is 6.27. The predicted octanol–water partition coefficient (Wildman–Crippen LogP) is 1.51. The number of aromatic nitrogens is 2. The van der Waals surface area contributed by atoms with Gasteiger partial charge in [-0.1, -0.05) is 18.2 Å². The fourth-order valence-electron chi connectivity index (χ4n) is 4.59. The van der Waals surface area contributed by atoms with E-state index in [1.165, 1.54) is 6.07 Å². The molecule has 30 heavy (non-hydrogen) atoms. The van der Waals surface area contributed by atoms with Crippen molar-refractivity contribution in [2.75, 3.05) is 26.2 Å². The van der Waals surface area contributed by atoms with Crippen LogP contribution in [0.2, 0.25) is 0 Å². The van der Waals surface area contributed by atoms with Gasteiger partial charge in [-0.2, -0.15) is 5.10 Å². The Kier molecular flexibility index (Phi) is 6.13. The molecule has 1 fully saturated rings. The largest absolute Gasteiger partial charge is 0.346 e. The Morgan fingerprint density at radius 1 is 1.27 bits per heavy atom. The Morgan fingerprint density at radius 3 is 2.90 bits per heavy atom. The molecule has 2 amide bonds. The second kappa shape index (κ2) is 8.95. The van der Waals surface area contributed by atoms with Crippen LogP contribution in [0.1, 0.15) is 40.2 Å². The minimum atomic E-state index is -0.327. The molecule has 1 aliphatic carbocycles. The molecule has 1 aliphatic heterocycles. The van der Waals surface area contributed by atoms with Crippen LogP contribution in [0.15, 0.2) is 24.3 Å². The van der Waals surface area contributed by atoms with Crippen molar-refractivity contribution in [1.29, 1.82) is 0 Å². The second-order valence-electron chi connectivity index (χ2n) is 8.10. The number of carbonyl (C=O) groups excluding carboxylic acids is 2. The number of rotatable bonds is 5. The van der Waals surface area contributed by atoms with Gasteiger partial charge >= 0.3 is 0 Å². The van der Waals surface area contributed by atoms with Gasteiger partial charge in [0.2, 0.25) is 6.41 Å². The average Bonchev–Trinajstić information content (AvgIpc) is 2.93. The van der Waals surface area contributed by atoms with Crippen LogP contribution in [0, 0.1) is 5.82 Å². The Labute approximate surface area is 175 Å². The van der Waals surface area contributed by atoms with Crippen molar-refractivity contribution in [2.45, 2.75) is 38.3 Å². The molecular formula is C22H28FN5O2. The summed E-state index contributed by atoms with van der Waals surface area (Å²) in [6.07, 6.45) is 4.56. The summed E-state index contributed by atoms with van der Waals surface area (Å²) in [5.74, 6) is -0.592. The quantitative estimate of drug-likeness (QED) is 0.755. The maximum absolute atomic E-state index is 13.9. The van der Waals surface area contributed by atoms with E-state index in [9.17, 15) is 14.0 Å². The van der Waals surface area contributed by atoms with E-state index in [1.54, 1.807) is 22.9 Å². The molecule has 7 nitrogen and oxygen atoms in total. The Hall–Kier alpha value is -2.74. The first-order valence-electron chi connectivity index (χ1n) is 10.6. The van der Waals surface area contributed by atoms with E-state index in [1.807, 2.05) is 11.9 Å². The van der Waals surface area contributed by atoms with Crippen LogP contribution in [-0.2, 0) is 31.2 Å². The lowest BCUT2D eigenvalue weighted by atomic mass is 9.90. The molecular weight excluding hydrogens is 385 g/mol. The average molecular weight is 413 g/mol. The number of hydrogen-bond acceptors (Lipinski definition) is 4. The van der Waals surface area contributed by atoms with Crippen molar-refractivity contribution in [3.63, 3.8) is 0 Å². The summed E-state index contributed by atoms with van der Waals surface area (Å²) in [6, 6.07) is 6.78. The second-order valence-corrected chi connectivity index (χ2v) is 8.10. The van der Waals surface area contributed by atoms with Crippen molar-refractivity contribution < 1.29 is 14.0 Å². The highest BCUT2D eigenvalue weighted by Crippen LogP contribution is 2.28. The van der Waals surface area contributed by atoms with E-state index in [4.69, 9.17) is 0 Å². The third-order valence-corrected chi connectivity index (χ3v) is 6.27. The number of nitrogens with one attached hydrogen (secondary N) is 1. The van der Waals surface area contributed by atoms with Crippen LogP contribution >= 0.6 is 0 Å². The van der Waals surface area contributed by atoms with Gasteiger partial charge in [0.05, 0.1) is 0 Å². The van der Waals surface area contributed by atoms with Crippen molar-refractivity contribution in [2.24, 2.45) is 7.05 Å². The first-order chi connectivity index (χ1) is 14.6. The molecule has 160 valence electrons. The summed E-state index contributed by atoms with van der Waals surface area (Å²) in [4.78, 5) is 28.2. The van der Waals surface area contributed by atoms with Gasteiger partial charge in [-0.25, -0.2) is 4.39 Å². The van der Waals surface area contributed by atoms with Crippen molar-refractivity contribution >= 4 is 12.3 Å². The van der Waals surface area contributed by atoms with Crippen LogP contribution in [-0.4, -0.2) is 64.1 Å².